The lowest BCUT2D eigenvalue weighted by Gasteiger charge is -2.07. The van der Waals surface area contributed by atoms with Gasteiger partial charge in [0.1, 0.15) is 11.5 Å². The number of ether oxygens (including phenoxy) is 1. The van der Waals surface area contributed by atoms with E-state index in [1.807, 2.05) is 24.3 Å². The highest BCUT2D eigenvalue weighted by Crippen LogP contribution is 2.26. The van der Waals surface area contributed by atoms with E-state index in [1.54, 1.807) is 12.1 Å². The number of carbonyl (C=O) groups is 1. The summed E-state index contributed by atoms with van der Waals surface area (Å²) in [6.45, 7) is 0. The molecule has 0 aliphatic rings. The highest BCUT2D eigenvalue weighted by Gasteiger charge is 2.05. The molecule has 0 heterocycles. The summed E-state index contributed by atoms with van der Waals surface area (Å²) in [6, 6.07) is 14.0. The molecule has 0 unspecified atom stereocenters. The van der Waals surface area contributed by atoms with E-state index in [0.717, 1.165) is 9.32 Å². The molecule has 1 N–H and O–H groups in total. The summed E-state index contributed by atoms with van der Waals surface area (Å²) in [5.74, 6) is 0.280. The highest BCUT2D eigenvalue weighted by atomic mass is 127. The van der Waals surface area contributed by atoms with Crippen molar-refractivity contribution in [1.29, 1.82) is 0 Å². The number of rotatable bonds is 3. The van der Waals surface area contributed by atoms with Gasteiger partial charge >= 0.3 is 5.97 Å². The molecule has 86 valence electrons. The topological polar surface area (TPSA) is 46.5 Å². The zero-order valence-corrected chi connectivity index (χ0v) is 10.9. The number of halogens is 1. The second-order valence-corrected chi connectivity index (χ2v) is 4.53. The molecular formula is C13H9IO3. The molecule has 0 spiro atoms. The first-order chi connectivity index (χ1) is 8.16. The first kappa shape index (κ1) is 11.9. The summed E-state index contributed by atoms with van der Waals surface area (Å²) >= 11 is 2.17. The fourth-order valence-electron chi connectivity index (χ4n) is 1.35. The SMILES string of the molecule is O=C(O)c1cccc(Oc2ccccc2I)c1. The lowest BCUT2D eigenvalue weighted by atomic mass is 10.2. The van der Waals surface area contributed by atoms with E-state index in [1.165, 1.54) is 12.1 Å². The van der Waals surface area contributed by atoms with Crippen molar-refractivity contribution >= 4 is 28.6 Å². The van der Waals surface area contributed by atoms with Crippen molar-refractivity contribution < 1.29 is 14.6 Å². The summed E-state index contributed by atoms with van der Waals surface area (Å²) in [5, 5.41) is 8.87. The molecule has 0 saturated heterocycles. The number of benzene rings is 2. The van der Waals surface area contributed by atoms with Crippen molar-refractivity contribution in [2.24, 2.45) is 0 Å². The predicted octanol–water partition coefficient (Wildman–Crippen LogP) is 3.78. The van der Waals surface area contributed by atoms with Gasteiger partial charge in [0.05, 0.1) is 9.13 Å². The fourth-order valence-corrected chi connectivity index (χ4v) is 1.84. The van der Waals surface area contributed by atoms with Crippen molar-refractivity contribution in [1.82, 2.24) is 0 Å². The van der Waals surface area contributed by atoms with Crippen LogP contribution in [0.4, 0.5) is 0 Å². The maximum Gasteiger partial charge on any atom is 0.335 e. The standard InChI is InChI=1S/C13H9IO3/c14-11-6-1-2-7-12(11)17-10-5-3-4-9(8-10)13(15)16/h1-8H,(H,15,16). The van der Waals surface area contributed by atoms with Crippen LogP contribution in [0, 0.1) is 3.57 Å². The smallest absolute Gasteiger partial charge is 0.335 e. The summed E-state index contributed by atoms with van der Waals surface area (Å²) < 4.78 is 6.61. The summed E-state index contributed by atoms with van der Waals surface area (Å²) in [5.41, 5.74) is 0.216. The Morgan fingerprint density at radius 3 is 2.59 bits per heavy atom. The van der Waals surface area contributed by atoms with Gasteiger partial charge < -0.3 is 9.84 Å². The van der Waals surface area contributed by atoms with Gasteiger partial charge in [0.2, 0.25) is 0 Å². The molecule has 0 amide bonds. The third kappa shape index (κ3) is 2.97. The number of carboxylic acid groups (broad SMARTS) is 1. The quantitative estimate of drug-likeness (QED) is 0.865. The Morgan fingerprint density at radius 2 is 1.88 bits per heavy atom. The van der Waals surface area contributed by atoms with Crippen LogP contribution in [0.3, 0.4) is 0 Å². The number of hydrogen-bond acceptors (Lipinski definition) is 2. The van der Waals surface area contributed by atoms with Crippen molar-refractivity contribution in [3.05, 3.63) is 57.7 Å². The summed E-state index contributed by atoms with van der Waals surface area (Å²) in [6.07, 6.45) is 0. The van der Waals surface area contributed by atoms with Crippen molar-refractivity contribution in [3.8, 4) is 11.5 Å². The maximum atomic E-state index is 10.8. The van der Waals surface area contributed by atoms with Crippen LogP contribution in [0.25, 0.3) is 0 Å². The van der Waals surface area contributed by atoms with Gasteiger partial charge in [0, 0.05) is 0 Å². The summed E-state index contributed by atoms with van der Waals surface area (Å²) in [4.78, 5) is 10.8. The monoisotopic (exact) mass is 340 g/mol. The van der Waals surface area contributed by atoms with Crippen molar-refractivity contribution in [2.75, 3.05) is 0 Å². The van der Waals surface area contributed by atoms with Crippen LogP contribution in [-0.2, 0) is 0 Å². The molecule has 0 fully saturated rings. The average molecular weight is 340 g/mol. The molecule has 0 saturated carbocycles. The molecule has 0 bridgehead atoms. The molecule has 0 aromatic heterocycles. The molecule has 2 aromatic carbocycles. The van der Waals surface area contributed by atoms with E-state index in [4.69, 9.17) is 9.84 Å². The Kier molecular flexibility index (Phi) is 3.63. The molecule has 17 heavy (non-hydrogen) atoms. The maximum absolute atomic E-state index is 10.8. The second-order valence-electron chi connectivity index (χ2n) is 3.37. The van der Waals surface area contributed by atoms with Crippen molar-refractivity contribution in [3.63, 3.8) is 0 Å². The van der Waals surface area contributed by atoms with Crippen LogP contribution in [-0.4, -0.2) is 11.1 Å². The van der Waals surface area contributed by atoms with Gasteiger partial charge in [-0.1, -0.05) is 18.2 Å². The second kappa shape index (κ2) is 5.18. The molecule has 0 aliphatic carbocycles. The molecular weight excluding hydrogens is 331 g/mol. The lowest BCUT2D eigenvalue weighted by molar-refractivity contribution is 0.0696. The van der Waals surface area contributed by atoms with Crippen molar-refractivity contribution in [2.45, 2.75) is 0 Å². The number of carboxylic acids is 1. The van der Waals surface area contributed by atoms with Gasteiger partial charge in [-0.05, 0) is 52.9 Å². The highest BCUT2D eigenvalue weighted by molar-refractivity contribution is 14.1. The first-order valence-corrected chi connectivity index (χ1v) is 6.00. The van der Waals surface area contributed by atoms with Gasteiger partial charge in [-0.25, -0.2) is 4.79 Å². The third-order valence-corrected chi connectivity index (χ3v) is 3.04. The van der Waals surface area contributed by atoms with Gasteiger partial charge in [-0.15, -0.1) is 0 Å². The number of aromatic carboxylic acids is 1. The van der Waals surface area contributed by atoms with Gasteiger partial charge in [-0.3, -0.25) is 0 Å². The molecule has 2 aromatic rings. The molecule has 0 atom stereocenters. The Hall–Kier alpha value is -1.56. The first-order valence-electron chi connectivity index (χ1n) is 4.92. The predicted molar refractivity (Wildman–Crippen MR) is 72.6 cm³/mol. The Morgan fingerprint density at radius 1 is 1.12 bits per heavy atom. The minimum Gasteiger partial charge on any atom is -0.478 e. The minimum atomic E-state index is -0.960. The zero-order valence-electron chi connectivity index (χ0n) is 8.76. The number of para-hydroxylation sites is 1. The Labute approximate surface area is 112 Å². The Balaban J connectivity index is 2.28. The third-order valence-electron chi connectivity index (χ3n) is 2.15. The van der Waals surface area contributed by atoms with E-state index in [0.29, 0.717) is 5.75 Å². The van der Waals surface area contributed by atoms with E-state index >= 15 is 0 Å². The van der Waals surface area contributed by atoms with E-state index in [-0.39, 0.29) is 5.56 Å². The van der Waals surface area contributed by atoms with Crippen LogP contribution >= 0.6 is 22.6 Å². The van der Waals surface area contributed by atoms with E-state index < -0.39 is 5.97 Å². The number of hydrogen-bond donors (Lipinski definition) is 1. The van der Waals surface area contributed by atoms with Crippen LogP contribution in [0.15, 0.2) is 48.5 Å². The molecule has 4 heteroatoms. The lowest BCUT2D eigenvalue weighted by Crippen LogP contribution is -1.96. The van der Waals surface area contributed by atoms with Gasteiger partial charge in [-0.2, -0.15) is 0 Å². The molecule has 2 rings (SSSR count). The van der Waals surface area contributed by atoms with Crippen LogP contribution in [0.2, 0.25) is 0 Å². The van der Waals surface area contributed by atoms with Crippen LogP contribution in [0.1, 0.15) is 10.4 Å². The average Bonchev–Trinajstić information content (AvgIpc) is 2.32. The molecule has 0 aliphatic heterocycles. The fraction of sp³-hybridized carbons (Fsp3) is 0. The normalized spacial score (nSPS) is 9.94. The zero-order chi connectivity index (χ0) is 12.3. The molecule has 3 nitrogen and oxygen atoms in total. The van der Waals surface area contributed by atoms with E-state index in [2.05, 4.69) is 22.6 Å². The minimum absolute atomic E-state index is 0.216. The van der Waals surface area contributed by atoms with E-state index in [9.17, 15) is 4.79 Å². The van der Waals surface area contributed by atoms with Crippen LogP contribution in [0.5, 0.6) is 11.5 Å². The Bertz CT molecular complexity index is 552. The molecule has 0 radical (unpaired) electrons. The largest absolute Gasteiger partial charge is 0.478 e. The van der Waals surface area contributed by atoms with Gasteiger partial charge in [0.15, 0.2) is 0 Å². The summed E-state index contributed by atoms with van der Waals surface area (Å²) in [7, 11) is 0. The van der Waals surface area contributed by atoms with Gasteiger partial charge in [0.25, 0.3) is 0 Å². The van der Waals surface area contributed by atoms with Crippen LogP contribution < -0.4 is 4.74 Å².